The van der Waals surface area contributed by atoms with E-state index in [-0.39, 0.29) is 19.1 Å². The summed E-state index contributed by atoms with van der Waals surface area (Å²) in [6.45, 7) is 3.89. The van der Waals surface area contributed by atoms with Gasteiger partial charge in [0.1, 0.15) is 6.61 Å². The molecule has 0 aromatic carbocycles. The Hall–Kier alpha value is -1.96. The first-order valence-electron chi connectivity index (χ1n) is 18.7. The Morgan fingerprint density at radius 1 is 0.646 bits per heavy atom. The summed E-state index contributed by atoms with van der Waals surface area (Å²) in [4.78, 5) is 30.4. The molecule has 0 aromatic rings. The van der Waals surface area contributed by atoms with E-state index in [1.165, 1.54) is 70.6 Å². The molecule has 0 unspecified atom stereocenters. The van der Waals surface area contributed by atoms with E-state index < -0.39 is 26.5 Å². The van der Waals surface area contributed by atoms with Gasteiger partial charge in [-0.15, -0.1) is 0 Å². The van der Waals surface area contributed by atoms with Gasteiger partial charge in [-0.05, 0) is 57.4 Å². The maximum Gasteiger partial charge on any atom is 0.469 e. The lowest BCUT2D eigenvalue weighted by Crippen LogP contribution is -2.27. The van der Waals surface area contributed by atoms with Crippen LogP contribution < -0.4 is 0 Å². The van der Waals surface area contributed by atoms with Gasteiger partial charge in [0.15, 0.2) is 6.10 Å². The SMILES string of the molecule is CCCCCCCCCCCCCC/C=C/OC[C@H](COP(=O)(O)O)OC(=O)CCC/C=C\C/C=C\C/C=C\C/C=C\[C@H](O)CCCC. The van der Waals surface area contributed by atoms with E-state index in [1.54, 1.807) is 6.26 Å². The fourth-order valence-electron chi connectivity index (χ4n) is 4.89. The molecule has 0 radical (unpaired) electrons. The smallest absolute Gasteiger partial charge is 0.469 e. The first-order valence-corrected chi connectivity index (χ1v) is 20.3. The summed E-state index contributed by atoms with van der Waals surface area (Å²) in [5.41, 5.74) is 0. The van der Waals surface area contributed by atoms with Crippen LogP contribution in [0.25, 0.3) is 0 Å². The van der Waals surface area contributed by atoms with Crippen molar-refractivity contribution >= 4 is 13.8 Å². The molecule has 0 rings (SSSR count). The standard InChI is InChI=1S/C39H69O8P/c1-3-5-7-8-9-10-11-12-15-18-21-24-27-30-34-45-35-38(36-46-48(42,43)44)47-39(41)33-29-26-23-20-17-14-13-16-19-22-25-28-32-37(40)31-6-4-2/h13-14,19-20,22-23,28,30,32,34,37-38,40H,3-12,15-18,21,24-27,29,31,33,35-36H2,1-2H3,(H2,42,43,44)/b14-13-,22-19-,23-20-,32-28-,34-30+/t37-,38-/m1/s1. The third-order valence-corrected chi connectivity index (χ3v) is 8.19. The Balaban J connectivity index is 4.05. The van der Waals surface area contributed by atoms with Crippen LogP contribution >= 0.6 is 7.82 Å². The largest absolute Gasteiger partial charge is 0.498 e. The summed E-state index contributed by atoms with van der Waals surface area (Å²) in [6.07, 6.45) is 42.1. The summed E-state index contributed by atoms with van der Waals surface area (Å²) in [7, 11) is -4.69. The first kappa shape index (κ1) is 46.0. The van der Waals surface area contributed by atoms with E-state index in [9.17, 15) is 14.5 Å². The predicted octanol–water partition coefficient (Wildman–Crippen LogP) is 10.7. The zero-order valence-corrected chi connectivity index (χ0v) is 31.1. The lowest BCUT2D eigenvalue weighted by Gasteiger charge is -2.17. The number of hydrogen-bond donors (Lipinski definition) is 3. The van der Waals surface area contributed by atoms with E-state index in [4.69, 9.17) is 19.3 Å². The van der Waals surface area contributed by atoms with Gasteiger partial charge in [-0.2, -0.15) is 0 Å². The zero-order chi connectivity index (χ0) is 35.4. The van der Waals surface area contributed by atoms with Crippen LogP contribution in [0, 0.1) is 0 Å². The lowest BCUT2D eigenvalue weighted by atomic mass is 10.0. The van der Waals surface area contributed by atoms with Gasteiger partial charge < -0.3 is 24.4 Å². The highest BCUT2D eigenvalue weighted by atomic mass is 31.2. The summed E-state index contributed by atoms with van der Waals surface area (Å²) in [5.74, 6) is -0.455. The molecule has 0 aromatic heterocycles. The highest BCUT2D eigenvalue weighted by Crippen LogP contribution is 2.35. The van der Waals surface area contributed by atoms with Gasteiger partial charge in [0.2, 0.25) is 0 Å². The second-order valence-corrected chi connectivity index (χ2v) is 13.7. The maximum absolute atomic E-state index is 12.3. The molecule has 8 nitrogen and oxygen atoms in total. The minimum atomic E-state index is -4.69. The Labute approximate surface area is 293 Å². The van der Waals surface area contributed by atoms with E-state index >= 15 is 0 Å². The van der Waals surface area contributed by atoms with Gasteiger partial charge in [-0.3, -0.25) is 9.32 Å². The number of esters is 1. The van der Waals surface area contributed by atoms with Crippen LogP contribution in [0.1, 0.15) is 155 Å². The summed E-state index contributed by atoms with van der Waals surface area (Å²) in [6, 6.07) is 0. The number of rotatable bonds is 34. The molecular formula is C39H69O8P. The normalized spacial score (nSPS) is 13.9. The molecule has 0 aliphatic carbocycles. The summed E-state index contributed by atoms with van der Waals surface area (Å²) in [5, 5.41) is 9.78. The zero-order valence-electron chi connectivity index (χ0n) is 30.2. The number of carbonyl (C=O) groups excluding carboxylic acids is 1. The molecule has 0 amide bonds. The number of aliphatic hydroxyl groups is 1. The number of unbranched alkanes of at least 4 members (excludes halogenated alkanes) is 14. The van der Waals surface area contributed by atoms with Gasteiger partial charge in [-0.1, -0.05) is 146 Å². The number of aliphatic hydroxyl groups excluding tert-OH is 1. The summed E-state index contributed by atoms with van der Waals surface area (Å²) >= 11 is 0. The van der Waals surface area contributed by atoms with Gasteiger partial charge in [0.25, 0.3) is 0 Å². The lowest BCUT2D eigenvalue weighted by molar-refractivity contribution is -0.153. The fourth-order valence-corrected chi connectivity index (χ4v) is 5.25. The molecule has 0 saturated carbocycles. The minimum Gasteiger partial charge on any atom is -0.498 e. The number of ether oxygens (including phenoxy) is 2. The average molecular weight is 697 g/mol. The van der Waals surface area contributed by atoms with Crippen LogP contribution in [-0.4, -0.2) is 46.3 Å². The van der Waals surface area contributed by atoms with Crippen molar-refractivity contribution < 1.29 is 38.3 Å². The van der Waals surface area contributed by atoms with Gasteiger partial charge in [-0.25, -0.2) is 4.57 Å². The molecule has 278 valence electrons. The molecule has 48 heavy (non-hydrogen) atoms. The van der Waals surface area contributed by atoms with Crippen molar-refractivity contribution in [2.45, 2.75) is 167 Å². The van der Waals surface area contributed by atoms with Gasteiger partial charge in [0, 0.05) is 6.42 Å². The number of phosphoric acid groups is 1. The topological polar surface area (TPSA) is 123 Å². The van der Waals surface area contributed by atoms with Gasteiger partial charge >= 0.3 is 13.8 Å². The molecular weight excluding hydrogens is 627 g/mol. The van der Waals surface area contributed by atoms with E-state index in [0.29, 0.717) is 6.42 Å². The molecule has 0 bridgehead atoms. The molecule has 0 spiro atoms. The Morgan fingerprint density at radius 2 is 1.17 bits per heavy atom. The van der Waals surface area contributed by atoms with Crippen LogP contribution in [-0.2, 0) is 23.4 Å². The molecule has 0 saturated heterocycles. The quantitative estimate of drug-likeness (QED) is 0.0200. The number of carbonyl (C=O) groups is 1. The minimum absolute atomic E-state index is 0.0407. The third kappa shape index (κ3) is 36.9. The number of hydrogen-bond acceptors (Lipinski definition) is 6. The second kappa shape index (κ2) is 34.9. The second-order valence-electron chi connectivity index (χ2n) is 12.4. The predicted molar refractivity (Wildman–Crippen MR) is 198 cm³/mol. The van der Waals surface area contributed by atoms with E-state index in [2.05, 4.69) is 48.8 Å². The number of allylic oxidation sites excluding steroid dienone is 8. The van der Waals surface area contributed by atoms with Gasteiger partial charge in [0.05, 0.1) is 19.0 Å². The van der Waals surface area contributed by atoms with Crippen LogP contribution in [0.4, 0.5) is 0 Å². The van der Waals surface area contributed by atoms with Crippen LogP contribution in [0.2, 0.25) is 0 Å². The molecule has 0 heterocycles. The summed E-state index contributed by atoms with van der Waals surface area (Å²) < 4.78 is 26.6. The molecule has 2 atom stereocenters. The highest BCUT2D eigenvalue weighted by molar-refractivity contribution is 7.46. The first-order chi connectivity index (χ1) is 23.3. The Morgan fingerprint density at radius 3 is 1.75 bits per heavy atom. The van der Waals surface area contributed by atoms with Crippen molar-refractivity contribution in [1.29, 1.82) is 0 Å². The van der Waals surface area contributed by atoms with Crippen molar-refractivity contribution in [3.63, 3.8) is 0 Å². The van der Waals surface area contributed by atoms with E-state index in [1.807, 2.05) is 24.3 Å². The molecule has 0 aliphatic heterocycles. The monoisotopic (exact) mass is 696 g/mol. The Kier molecular flexibility index (Phi) is 33.5. The van der Waals surface area contributed by atoms with E-state index in [0.717, 1.165) is 57.8 Å². The highest BCUT2D eigenvalue weighted by Gasteiger charge is 2.21. The van der Waals surface area contributed by atoms with Crippen molar-refractivity contribution in [2.24, 2.45) is 0 Å². The molecule has 0 fully saturated rings. The van der Waals surface area contributed by atoms with Crippen molar-refractivity contribution in [2.75, 3.05) is 13.2 Å². The van der Waals surface area contributed by atoms with Crippen LogP contribution in [0.3, 0.4) is 0 Å². The fraction of sp³-hybridized carbons (Fsp3) is 0.718. The Bertz CT molecular complexity index is 921. The van der Waals surface area contributed by atoms with Crippen molar-refractivity contribution in [3.8, 4) is 0 Å². The number of phosphoric ester groups is 1. The average Bonchev–Trinajstić information content (AvgIpc) is 3.05. The van der Waals surface area contributed by atoms with Crippen molar-refractivity contribution in [3.05, 3.63) is 60.9 Å². The molecule has 3 N–H and O–H groups in total. The maximum atomic E-state index is 12.3. The van der Waals surface area contributed by atoms with Crippen molar-refractivity contribution in [1.82, 2.24) is 0 Å². The molecule has 0 aliphatic rings. The molecule has 9 heteroatoms. The third-order valence-electron chi connectivity index (χ3n) is 7.71. The van der Waals surface area contributed by atoms with Crippen LogP contribution in [0.15, 0.2) is 60.9 Å². The van der Waals surface area contributed by atoms with Crippen LogP contribution in [0.5, 0.6) is 0 Å².